The number of ketones is 2. The van der Waals surface area contributed by atoms with Crippen molar-refractivity contribution in [2.45, 2.75) is 111 Å². The average Bonchev–Trinajstić information content (AvgIpc) is 2.91. The van der Waals surface area contributed by atoms with Crippen LogP contribution in [0.5, 0.6) is 0 Å². The fourth-order valence-corrected chi connectivity index (χ4v) is 9.22. The largest absolute Gasteiger partial charge is 0.393 e. The standard InChI is InChI=1S/C30H46O6/c1-25(2,35)12-9-13-29(7,36)23-20(32)15-27(5)21-11-10-17-18(14-19(31)24(34)26(17,3)4)30(21,8)22(33)16-28(23,27)6/h9-10,12,18-21,23,31-32,35-36H,11,13-16H2,1-8H3/b12-9+. The summed E-state index contributed by atoms with van der Waals surface area (Å²) in [5.41, 5.74) is -3.93. The van der Waals surface area contributed by atoms with E-state index in [-0.39, 0.29) is 42.7 Å². The smallest absolute Gasteiger partial charge is 0.170 e. The summed E-state index contributed by atoms with van der Waals surface area (Å²) in [7, 11) is 0. The predicted molar refractivity (Wildman–Crippen MR) is 138 cm³/mol. The molecule has 0 spiro atoms. The third-order valence-electron chi connectivity index (χ3n) is 11.1. The Morgan fingerprint density at radius 3 is 2.22 bits per heavy atom. The van der Waals surface area contributed by atoms with Gasteiger partial charge in [0.1, 0.15) is 11.9 Å². The molecule has 0 heterocycles. The van der Waals surface area contributed by atoms with Crippen LogP contribution in [0.4, 0.5) is 0 Å². The first-order valence-corrected chi connectivity index (χ1v) is 13.5. The van der Waals surface area contributed by atoms with Crippen LogP contribution in [-0.4, -0.2) is 55.4 Å². The molecule has 0 bridgehead atoms. The highest BCUT2D eigenvalue weighted by Crippen LogP contribution is 2.74. The number of fused-ring (bicyclic) bond motifs is 5. The van der Waals surface area contributed by atoms with Gasteiger partial charge >= 0.3 is 0 Å². The summed E-state index contributed by atoms with van der Waals surface area (Å²) < 4.78 is 0. The van der Waals surface area contributed by atoms with Gasteiger partial charge in [0, 0.05) is 23.2 Å². The maximum atomic E-state index is 14.2. The highest BCUT2D eigenvalue weighted by Gasteiger charge is 2.73. The number of hydrogen-bond acceptors (Lipinski definition) is 6. The Bertz CT molecular complexity index is 1010. The number of rotatable bonds is 4. The molecule has 0 aromatic heterocycles. The molecule has 0 radical (unpaired) electrons. The lowest BCUT2D eigenvalue weighted by atomic mass is 9.38. The number of allylic oxidation sites excluding steroid dienone is 2. The molecule has 6 heteroatoms. The average molecular weight is 503 g/mol. The van der Waals surface area contributed by atoms with Crippen LogP contribution < -0.4 is 0 Å². The van der Waals surface area contributed by atoms with Gasteiger partial charge in [-0.2, -0.15) is 0 Å². The molecule has 0 saturated heterocycles. The summed E-state index contributed by atoms with van der Waals surface area (Å²) in [5, 5.41) is 43.9. The monoisotopic (exact) mass is 502 g/mol. The van der Waals surface area contributed by atoms with E-state index in [0.717, 1.165) is 5.57 Å². The second kappa shape index (κ2) is 8.08. The van der Waals surface area contributed by atoms with Crippen molar-refractivity contribution in [2.75, 3.05) is 0 Å². The third-order valence-corrected chi connectivity index (χ3v) is 11.1. The molecule has 4 N–H and O–H groups in total. The Morgan fingerprint density at radius 2 is 1.64 bits per heavy atom. The van der Waals surface area contributed by atoms with E-state index < -0.39 is 51.0 Å². The molecule has 3 fully saturated rings. The molecular formula is C30H46O6. The quantitative estimate of drug-likeness (QED) is 0.435. The van der Waals surface area contributed by atoms with Crippen LogP contribution in [0.3, 0.4) is 0 Å². The van der Waals surface area contributed by atoms with Gasteiger partial charge in [0.2, 0.25) is 0 Å². The number of aliphatic hydroxyl groups is 4. The van der Waals surface area contributed by atoms with Crippen LogP contribution in [0, 0.1) is 39.4 Å². The van der Waals surface area contributed by atoms with Crippen molar-refractivity contribution in [1.29, 1.82) is 0 Å². The van der Waals surface area contributed by atoms with E-state index in [4.69, 9.17) is 0 Å². The van der Waals surface area contributed by atoms with Crippen molar-refractivity contribution in [3.05, 3.63) is 23.8 Å². The van der Waals surface area contributed by atoms with Gasteiger partial charge in [-0.05, 0) is 83.0 Å². The minimum Gasteiger partial charge on any atom is -0.393 e. The second-order valence-electron chi connectivity index (χ2n) is 14.3. The Balaban J connectivity index is 1.77. The van der Waals surface area contributed by atoms with E-state index in [1.165, 1.54) is 0 Å². The SMILES string of the molecule is CC(C)(O)/C=C/CC(C)(O)C1C(O)CC2(C)C3CC=C4C(CC(O)C(=O)C4(C)C)C3(C)C(=O)CC12C. The van der Waals surface area contributed by atoms with Crippen LogP contribution in [0.1, 0.15) is 87.5 Å². The van der Waals surface area contributed by atoms with Crippen LogP contribution in [-0.2, 0) is 9.59 Å². The fraction of sp³-hybridized carbons (Fsp3) is 0.800. The number of carbonyl (C=O) groups is 2. The maximum Gasteiger partial charge on any atom is 0.170 e. The van der Waals surface area contributed by atoms with Gasteiger partial charge in [0.05, 0.1) is 17.3 Å². The van der Waals surface area contributed by atoms with Crippen molar-refractivity contribution in [1.82, 2.24) is 0 Å². The highest BCUT2D eigenvalue weighted by atomic mass is 16.3. The van der Waals surface area contributed by atoms with Crippen molar-refractivity contribution in [3.63, 3.8) is 0 Å². The fourth-order valence-electron chi connectivity index (χ4n) is 9.22. The Hall–Kier alpha value is -1.34. The minimum atomic E-state index is -1.27. The Kier molecular flexibility index (Phi) is 6.21. The topological polar surface area (TPSA) is 115 Å². The van der Waals surface area contributed by atoms with Crippen LogP contribution >= 0.6 is 0 Å². The zero-order valence-corrected chi connectivity index (χ0v) is 23.3. The van der Waals surface area contributed by atoms with E-state index in [9.17, 15) is 30.0 Å². The molecule has 4 rings (SSSR count). The third kappa shape index (κ3) is 3.65. The number of hydrogen-bond donors (Lipinski definition) is 4. The Morgan fingerprint density at radius 1 is 1.03 bits per heavy atom. The van der Waals surface area contributed by atoms with E-state index >= 15 is 0 Å². The summed E-state index contributed by atoms with van der Waals surface area (Å²) in [5.74, 6) is -0.904. The summed E-state index contributed by atoms with van der Waals surface area (Å²) in [4.78, 5) is 27.0. The molecular weight excluding hydrogens is 456 g/mol. The maximum absolute atomic E-state index is 14.2. The molecule has 9 unspecified atom stereocenters. The van der Waals surface area contributed by atoms with Crippen LogP contribution in [0.2, 0.25) is 0 Å². The summed E-state index contributed by atoms with van der Waals surface area (Å²) >= 11 is 0. The first-order chi connectivity index (χ1) is 16.2. The molecule has 0 aromatic rings. The first kappa shape index (κ1) is 27.7. The first-order valence-electron chi connectivity index (χ1n) is 13.5. The van der Waals surface area contributed by atoms with Crippen molar-refractivity contribution in [2.24, 2.45) is 39.4 Å². The number of aliphatic hydroxyl groups excluding tert-OH is 2. The summed E-state index contributed by atoms with van der Waals surface area (Å²) in [6, 6.07) is 0. The highest BCUT2D eigenvalue weighted by molar-refractivity contribution is 5.94. The molecule has 202 valence electrons. The van der Waals surface area contributed by atoms with Gasteiger partial charge < -0.3 is 20.4 Å². The van der Waals surface area contributed by atoms with E-state index in [1.807, 2.05) is 20.8 Å². The lowest BCUT2D eigenvalue weighted by molar-refractivity contribution is -0.182. The molecule has 0 aliphatic heterocycles. The molecule has 0 amide bonds. The minimum absolute atomic E-state index is 0.0800. The van der Waals surface area contributed by atoms with Gasteiger partial charge in [-0.25, -0.2) is 0 Å². The molecule has 0 aromatic carbocycles. The van der Waals surface area contributed by atoms with Crippen LogP contribution in [0.15, 0.2) is 23.8 Å². The predicted octanol–water partition coefficient (Wildman–Crippen LogP) is 3.75. The van der Waals surface area contributed by atoms with Gasteiger partial charge in [-0.3, -0.25) is 9.59 Å². The van der Waals surface area contributed by atoms with Crippen molar-refractivity contribution >= 4 is 11.6 Å². The second-order valence-corrected chi connectivity index (χ2v) is 14.3. The summed E-state index contributed by atoms with van der Waals surface area (Å²) in [6.45, 7) is 15.0. The van der Waals surface area contributed by atoms with Crippen molar-refractivity contribution < 1.29 is 30.0 Å². The Labute approximate surface area is 215 Å². The molecule has 4 aliphatic carbocycles. The van der Waals surface area contributed by atoms with Gasteiger partial charge in [-0.1, -0.05) is 44.6 Å². The lowest BCUT2D eigenvalue weighted by Gasteiger charge is -2.64. The molecule has 36 heavy (non-hydrogen) atoms. The molecule has 3 saturated carbocycles. The van der Waals surface area contributed by atoms with Gasteiger partial charge in [0.25, 0.3) is 0 Å². The lowest BCUT2D eigenvalue weighted by Crippen LogP contribution is -2.64. The van der Waals surface area contributed by atoms with E-state index in [2.05, 4.69) is 19.9 Å². The van der Waals surface area contributed by atoms with Crippen LogP contribution in [0.25, 0.3) is 0 Å². The van der Waals surface area contributed by atoms with E-state index in [1.54, 1.807) is 32.9 Å². The van der Waals surface area contributed by atoms with Crippen molar-refractivity contribution in [3.8, 4) is 0 Å². The number of Topliss-reactive ketones (excluding diaryl/α,β-unsaturated/α-hetero) is 2. The zero-order valence-electron chi connectivity index (χ0n) is 23.3. The number of carbonyl (C=O) groups excluding carboxylic acids is 2. The summed E-state index contributed by atoms with van der Waals surface area (Å²) in [6.07, 6.45) is 5.55. The molecule has 4 aliphatic rings. The molecule has 9 atom stereocenters. The molecule has 6 nitrogen and oxygen atoms in total. The normalized spacial score (nSPS) is 46.1. The zero-order chi connectivity index (χ0) is 27.3. The van der Waals surface area contributed by atoms with E-state index in [0.29, 0.717) is 12.8 Å². The van der Waals surface area contributed by atoms with Gasteiger partial charge in [0.15, 0.2) is 5.78 Å². The van der Waals surface area contributed by atoms with Gasteiger partial charge in [-0.15, -0.1) is 0 Å².